The molecule has 3 rings (SSSR count). The SMILES string of the molecule is CCC(CCCN1CCN(c2ccc(Cl)cc2)CC1)(C(=O)OC)c1ccccc1. The van der Waals surface area contributed by atoms with E-state index >= 15 is 0 Å². The van der Waals surface area contributed by atoms with Crippen LogP contribution in [0.4, 0.5) is 5.69 Å². The number of hydrogen-bond donors (Lipinski definition) is 0. The lowest BCUT2D eigenvalue weighted by Crippen LogP contribution is -2.47. The number of piperazine rings is 1. The van der Waals surface area contributed by atoms with Crippen LogP contribution in [0.3, 0.4) is 0 Å². The standard InChI is InChI=1S/C24H31ClN2O2/c1-3-24(23(28)29-2,20-8-5-4-6-9-20)14-7-15-26-16-18-27(19-17-26)22-12-10-21(25)11-13-22/h4-6,8-13H,3,7,14-19H2,1-2H3. The summed E-state index contributed by atoms with van der Waals surface area (Å²) >= 11 is 6.00. The molecule has 4 nitrogen and oxygen atoms in total. The van der Waals surface area contributed by atoms with E-state index in [4.69, 9.17) is 16.3 Å². The first-order valence-electron chi connectivity index (χ1n) is 10.5. The highest BCUT2D eigenvalue weighted by Gasteiger charge is 2.39. The molecule has 1 fully saturated rings. The second-order valence-electron chi connectivity index (χ2n) is 7.70. The minimum Gasteiger partial charge on any atom is -0.468 e. The van der Waals surface area contributed by atoms with E-state index in [2.05, 4.69) is 28.9 Å². The molecule has 2 aromatic carbocycles. The Bertz CT molecular complexity index is 773. The van der Waals surface area contributed by atoms with Crippen molar-refractivity contribution in [1.29, 1.82) is 0 Å². The number of benzene rings is 2. The van der Waals surface area contributed by atoms with Crippen LogP contribution in [-0.2, 0) is 14.9 Å². The lowest BCUT2D eigenvalue weighted by atomic mass is 9.74. The molecule has 0 aromatic heterocycles. The van der Waals surface area contributed by atoms with Gasteiger partial charge < -0.3 is 9.64 Å². The van der Waals surface area contributed by atoms with E-state index in [1.807, 2.05) is 42.5 Å². The first-order chi connectivity index (χ1) is 14.1. The van der Waals surface area contributed by atoms with Gasteiger partial charge in [0.15, 0.2) is 0 Å². The molecular weight excluding hydrogens is 384 g/mol. The third kappa shape index (κ3) is 5.12. The number of rotatable bonds is 8. The third-order valence-electron chi connectivity index (χ3n) is 6.15. The lowest BCUT2D eigenvalue weighted by molar-refractivity contribution is -0.148. The molecule has 0 radical (unpaired) electrons. The van der Waals surface area contributed by atoms with E-state index in [1.165, 1.54) is 12.8 Å². The van der Waals surface area contributed by atoms with Crippen molar-refractivity contribution in [3.05, 3.63) is 65.2 Å². The van der Waals surface area contributed by atoms with Gasteiger partial charge in [-0.25, -0.2) is 0 Å². The van der Waals surface area contributed by atoms with Gasteiger partial charge in [0.2, 0.25) is 0 Å². The zero-order valence-electron chi connectivity index (χ0n) is 17.4. The zero-order valence-corrected chi connectivity index (χ0v) is 18.2. The van der Waals surface area contributed by atoms with E-state index in [-0.39, 0.29) is 5.97 Å². The van der Waals surface area contributed by atoms with Gasteiger partial charge in [0, 0.05) is 36.9 Å². The van der Waals surface area contributed by atoms with Crippen molar-refractivity contribution in [1.82, 2.24) is 4.90 Å². The molecule has 0 spiro atoms. The van der Waals surface area contributed by atoms with Gasteiger partial charge in [0.1, 0.15) is 0 Å². The molecule has 0 N–H and O–H groups in total. The minimum atomic E-state index is -0.554. The van der Waals surface area contributed by atoms with Crippen LogP contribution in [0.15, 0.2) is 54.6 Å². The maximum Gasteiger partial charge on any atom is 0.316 e. The number of anilines is 1. The fourth-order valence-corrected chi connectivity index (χ4v) is 4.45. The fourth-order valence-electron chi connectivity index (χ4n) is 4.33. The Hall–Kier alpha value is -2.04. The number of esters is 1. The summed E-state index contributed by atoms with van der Waals surface area (Å²) in [6.45, 7) is 7.16. The topological polar surface area (TPSA) is 32.8 Å². The smallest absolute Gasteiger partial charge is 0.316 e. The Morgan fingerprint density at radius 1 is 1.03 bits per heavy atom. The molecule has 0 aliphatic carbocycles. The number of ether oxygens (including phenoxy) is 1. The summed E-state index contributed by atoms with van der Waals surface area (Å²) in [5.74, 6) is -0.126. The van der Waals surface area contributed by atoms with Crippen LogP contribution in [0.1, 0.15) is 31.7 Å². The Morgan fingerprint density at radius 3 is 2.28 bits per heavy atom. The summed E-state index contributed by atoms with van der Waals surface area (Å²) in [5, 5.41) is 0.774. The Kier molecular flexibility index (Phi) is 7.57. The number of halogens is 1. The van der Waals surface area contributed by atoms with Crippen molar-refractivity contribution in [3.8, 4) is 0 Å². The molecule has 0 saturated carbocycles. The maximum absolute atomic E-state index is 12.7. The predicted molar refractivity (Wildman–Crippen MR) is 120 cm³/mol. The maximum atomic E-state index is 12.7. The molecule has 1 atom stereocenters. The Labute approximate surface area is 179 Å². The Morgan fingerprint density at radius 2 is 1.69 bits per heavy atom. The molecule has 5 heteroatoms. The van der Waals surface area contributed by atoms with Crippen LogP contribution in [0.2, 0.25) is 5.02 Å². The predicted octanol–water partition coefficient (Wildman–Crippen LogP) is 4.76. The summed E-state index contributed by atoms with van der Waals surface area (Å²) < 4.78 is 5.21. The molecule has 0 bridgehead atoms. The highest BCUT2D eigenvalue weighted by Crippen LogP contribution is 2.34. The second kappa shape index (κ2) is 10.1. The zero-order chi connectivity index (χ0) is 20.7. The van der Waals surface area contributed by atoms with Gasteiger partial charge in [-0.2, -0.15) is 0 Å². The minimum absolute atomic E-state index is 0.126. The summed E-state index contributed by atoms with van der Waals surface area (Å²) in [4.78, 5) is 17.6. The van der Waals surface area contributed by atoms with E-state index in [0.717, 1.165) is 62.6 Å². The van der Waals surface area contributed by atoms with Crippen molar-refractivity contribution in [2.75, 3.05) is 44.7 Å². The van der Waals surface area contributed by atoms with Crippen LogP contribution < -0.4 is 4.90 Å². The summed E-state index contributed by atoms with van der Waals surface area (Å²) in [5.41, 5.74) is 1.73. The largest absolute Gasteiger partial charge is 0.468 e. The number of hydrogen-bond acceptors (Lipinski definition) is 4. The highest BCUT2D eigenvalue weighted by molar-refractivity contribution is 6.30. The van der Waals surface area contributed by atoms with Crippen molar-refractivity contribution in [2.24, 2.45) is 0 Å². The normalized spacial score (nSPS) is 17.0. The van der Waals surface area contributed by atoms with Crippen LogP contribution in [0, 0.1) is 0 Å². The number of carbonyl (C=O) groups excluding carboxylic acids is 1. The first-order valence-corrected chi connectivity index (χ1v) is 10.8. The molecule has 1 heterocycles. The van der Waals surface area contributed by atoms with Crippen LogP contribution >= 0.6 is 11.6 Å². The number of methoxy groups -OCH3 is 1. The van der Waals surface area contributed by atoms with Crippen molar-refractivity contribution in [2.45, 2.75) is 31.6 Å². The highest BCUT2D eigenvalue weighted by atomic mass is 35.5. The summed E-state index contributed by atoms with van der Waals surface area (Å²) in [6, 6.07) is 18.1. The summed E-state index contributed by atoms with van der Waals surface area (Å²) in [7, 11) is 1.49. The Balaban J connectivity index is 1.55. The fraction of sp³-hybridized carbons (Fsp3) is 0.458. The third-order valence-corrected chi connectivity index (χ3v) is 6.40. The molecule has 0 amide bonds. The van der Waals surface area contributed by atoms with Gasteiger partial charge in [-0.05, 0) is 55.6 Å². The quantitative estimate of drug-likeness (QED) is 0.583. The molecule has 156 valence electrons. The monoisotopic (exact) mass is 414 g/mol. The first kappa shape index (κ1) is 21.7. The average Bonchev–Trinajstić information content (AvgIpc) is 2.78. The molecule has 1 aliphatic rings. The molecule has 29 heavy (non-hydrogen) atoms. The van der Waals surface area contributed by atoms with E-state index in [0.29, 0.717) is 0 Å². The van der Waals surface area contributed by atoms with Crippen LogP contribution in [-0.4, -0.2) is 50.7 Å². The van der Waals surface area contributed by atoms with Crippen molar-refractivity contribution >= 4 is 23.3 Å². The van der Waals surface area contributed by atoms with Gasteiger partial charge in [-0.3, -0.25) is 9.69 Å². The van der Waals surface area contributed by atoms with Gasteiger partial charge in [-0.15, -0.1) is 0 Å². The molecule has 2 aromatic rings. The van der Waals surface area contributed by atoms with E-state index in [9.17, 15) is 4.79 Å². The lowest BCUT2D eigenvalue weighted by Gasteiger charge is -2.37. The van der Waals surface area contributed by atoms with Gasteiger partial charge >= 0.3 is 5.97 Å². The van der Waals surface area contributed by atoms with Crippen LogP contribution in [0.25, 0.3) is 0 Å². The second-order valence-corrected chi connectivity index (χ2v) is 8.14. The van der Waals surface area contributed by atoms with E-state index in [1.54, 1.807) is 0 Å². The van der Waals surface area contributed by atoms with E-state index < -0.39 is 5.41 Å². The van der Waals surface area contributed by atoms with Gasteiger partial charge in [0.25, 0.3) is 0 Å². The number of nitrogens with zero attached hydrogens (tertiary/aromatic N) is 2. The van der Waals surface area contributed by atoms with Crippen LogP contribution in [0.5, 0.6) is 0 Å². The van der Waals surface area contributed by atoms with Gasteiger partial charge in [0.05, 0.1) is 12.5 Å². The summed E-state index contributed by atoms with van der Waals surface area (Å²) in [6.07, 6.45) is 2.52. The van der Waals surface area contributed by atoms with Crippen molar-refractivity contribution < 1.29 is 9.53 Å². The van der Waals surface area contributed by atoms with Gasteiger partial charge in [-0.1, -0.05) is 48.9 Å². The van der Waals surface area contributed by atoms with Crippen molar-refractivity contribution in [3.63, 3.8) is 0 Å². The molecular formula is C24H31ClN2O2. The molecule has 1 aliphatic heterocycles. The number of carbonyl (C=O) groups is 1. The average molecular weight is 415 g/mol. The molecule has 1 saturated heterocycles. The molecule has 1 unspecified atom stereocenters.